The molecule has 0 spiro atoms. The first kappa shape index (κ1) is 21.8. The fraction of sp³-hybridized carbons (Fsp3) is 0.269. The van der Waals surface area contributed by atoms with E-state index in [1.807, 2.05) is 97.9 Å². The van der Waals surface area contributed by atoms with Crippen LogP contribution < -0.4 is 0 Å². The van der Waals surface area contributed by atoms with Gasteiger partial charge in [0.2, 0.25) is 0 Å². The van der Waals surface area contributed by atoms with Crippen LogP contribution in [0.3, 0.4) is 0 Å². The molecule has 0 amide bonds. The van der Waals surface area contributed by atoms with E-state index in [2.05, 4.69) is 0 Å². The molecule has 0 bridgehead atoms. The second-order valence-corrected chi connectivity index (χ2v) is 7.58. The number of rotatable bonds is 11. The molecule has 3 rings (SSSR count). The van der Waals surface area contributed by atoms with Crippen LogP contribution in [0.2, 0.25) is 0 Å². The van der Waals surface area contributed by atoms with Gasteiger partial charge in [-0.3, -0.25) is 4.79 Å². The van der Waals surface area contributed by atoms with Crippen LogP contribution in [-0.4, -0.2) is 19.2 Å². The van der Waals surface area contributed by atoms with Crippen LogP contribution in [0.25, 0.3) is 0 Å². The molecule has 0 aliphatic carbocycles. The minimum absolute atomic E-state index is 0.213. The van der Waals surface area contributed by atoms with Gasteiger partial charge in [0.15, 0.2) is 0 Å². The van der Waals surface area contributed by atoms with Gasteiger partial charge in [-0.1, -0.05) is 91.0 Å². The Morgan fingerprint density at radius 3 is 1.40 bits per heavy atom. The number of benzene rings is 3. The van der Waals surface area contributed by atoms with Crippen molar-refractivity contribution in [1.29, 1.82) is 0 Å². The lowest BCUT2D eigenvalue weighted by Crippen LogP contribution is -2.39. The molecule has 0 aliphatic heterocycles. The van der Waals surface area contributed by atoms with Crippen molar-refractivity contribution >= 4 is 5.97 Å². The Kier molecular flexibility index (Phi) is 8.19. The van der Waals surface area contributed by atoms with Crippen LogP contribution in [0, 0.1) is 5.41 Å². The third-order valence-electron chi connectivity index (χ3n) is 4.77. The summed E-state index contributed by atoms with van der Waals surface area (Å²) in [7, 11) is 0. The van der Waals surface area contributed by atoms with Crippen molar-refractivity contribution in [2.45, 2.75) is 26.7 Å². The minimum atomic E-state index is -0.904. The van der Waals surface area contributed by atoms with Gasteiger partial charge in [-0.05, 0) is 23.6 Å². The van der Waals surface area contributed by atoms with Crippen LogP contribution >= 0.6 is 0 Å². The molecule has 30 heavy (non-hydrogen) atoms. The molecule has 0 saturated carbocycles. The maximum absolute atomic E-state index is 12.9. The summed E-state index contributed by atoms with van der Waals surface area (Å²) in [5.74, 6) is -0.326. The lowest BCUT2D eigenvalue weighted by Gasteiger charge is -2.27. The van der Waals surface area contributed by atoms with Crippen LogP contribution in [0.4, 0.5) is 0 Å². The summed E-state index contributed by atoms with van der Waals surface area (Å²) in [4.78, 5) is 12.9. The number of esters is 1. The van der Waals surface area contributed by atoms with E-state index < -0.39 is 5.41 Å². The monoisotopic (exact) mass is 404 g/mol. The molecule has 3 aromatic carbocycles. The van der Waals surface area contributed by atoms with Gasteiger partial charge in [-0.2, -0.15) is 0 Å². The molecule has 156 valence electrons. The van der Waals surface area contributed by atoms with Crippen molar-refractivity contribution in [2.24, 2.45) is 5.41 Å². The van der Waals surface area contributed by atoms with E-state index in [0.29, 0.717) is 13.2 Å². The standard InChI is InChI=1S/C26H28O4/c1-26(20-28-17-22-11-5-2-6-12-22,21-29-18-23-13-7-3-8-14-23)25(27)30-19-24-15-9-4-10-16-24/h2-16H,17-21H2,1H3. The van der Waals surface area contributed by atoms with E-state index in [9.17, 15) is 4.79 Å². The smallest absolute Gasteiger partial charge is 0.316 e. The second-order valence-electron chi connectivity index (χ2n) is 7.58. The van der Waals surface area contributed by atoms with E-state index in [-0.39, 0.29) is 25.8 Å². The summed E-state index contributed by atoms with van der Waals surface area (Å²) in [5, 5.41) is 0. The molecule has 0 N–H and O–H groups in total. The molecule has 3 aromatic rings. The Morgan fingerprint density at radius 1 is 0.633 bits per heavy atom. The maximum Gasteiger partial charge on any atom is 0.316 e. The van der Waals surface area contributed by atoms with E-state index in [1.54, 1.807) is 0 Å². The third kappa shape index (κ3) is 6.83. The predicted octanol–water partition coefficient (Wildman–Crippen LogP) is 5.17. The number of hydrogen-bond donors (Lipinski definition) is 0. The summed E-state index contributed by atoms with van der Waals surface area (Å²) in [6, 6.07) is 29.4. The Bertz CT molecular complexity index is 833. The molecule has 4 heteroatoms. The minimum Gasteiger partial charge on any atom is -0.460 e. The summed E-state index contributed by atoms with van der Waals surface area (Å²) in [6.45, 7) is 3.35. The molecule has 0 aliphatic rings. The summed E-state index contributed by atoms with van der Waals surface area (Å²) >= 11 is 0. The van der Waals surface area contributed by atoms with Crippen LogP contribution in [0.5, 0.6) is 0 Å². The van der Waals surface area contributed by atoms with Crippen LogP contribution in [0.1, 0.15) is 23.6 Å². The number of carbonyl (C=O) groups excluding carboxylic acids is 1. The highest BCUT2D eigenvalue weighted by atomic mass is 16.5. The van der Waals surface area contributed by atoms with E-state index in [4.69, 9.17) is 14.2 Å². The highest BCUT2D eigenvalue weighted by Crippen LogP contribution is 2.22. The average Bonchev–Trinajstić information content (AvgIpc) is 2.79. The molecule has 0 atom stereocenters. The molecule has 0 unspecified atom stereocenters. The molecule has 0 aromatic heterocycles. The van der Waals surface area contributed by atoms with Crippen LogP contribution in [0.15, 0.2) is 91.0 Å². The molecule has 0 fully saturated rings. The maximum atomic E-state index is 12.9. The Morgan fingerprint density at radius 2 is 1.00 bits per heavy atom. The SMILES string of the molecule is CC(COCc1ccccc1)(COCc1ccccc1)C(=O)OCc1ccccc1. The highest BCUT2D eigenvalue weighted by molar-refractivity contribution is 5.76. The Hall–Kier alpha value is -2.95. The predicted molar refractivity (Wildman–Crippen MR) is 117 cm³/mol. The van der Waals surface area contributed by atoms with Gasteiger partial charge in [-0.25, -0.2) is 0 Å². The van der Waals surface area contributed by atoms with E-state index in [1.165, 1.54) is 0 Å². The molecular formula is C26H28O4. The van der Waals surface area contributed by atoms with Crippen molar-refractivity contribution in [3.05, 3.63) is 108 Å². The average molecular weight is 405 g/mol. The zero-order chi connectivity index (χ0) is 21.1. The van der Waals surface area contributed by atoms with Gasteiger partial charge in [-0.15, -0.1) is 0 Å². The van der Waals surface area contributed by atoms with E-state index in [0.717, 1.165) is 16.7 Å². The lowest BCUT2D eigenvalue weighted by molar-refractivity contribution is -0.165. The Balaban J connectivity index is 1.58. The molecule has 0 heterocycles. The first-order chi connectivity index (χ1) is 14.7. The largest absolute Gasteiger partial charge is 0.460 e. The number of hydrogen-bond acceptors (Lipinski definition) is 4. The molecular weight excluding hydrogens is 376 g/mol. The first-order valence-electron chi connectivity index (χ1n) is 10.1. The number of ether oxygens (including phenoxy) is 3. The van der Waals surface area contributed by atoms with Gasteiger partial charge in [0.25, 0.3) is 0 Å². The first-order valence-corrected chi connectivity index (χ1v) is 10.1. The Labute approximate surface area is 178 Å². The fourth-order valence-corrected chi connectivity index (χ4v) is 2.99. The zero-order valence-electron chi connectivity index (χ0n) is 17.3. The summed E-state index contributed by atoms with van der Waals surface area (Å²) in [5.41, 5.74) is 2.16. The quantitative estimate of drug-likeness (QED) is 0.414. The van der Waals surface area contributed by atoms with Crippen molar-refractivity contribution in [3.8, 4) is 0 Å². The van der Waals surface area contributed by atoms with Crippen molar-refractivity contribution < 1.29 is 19.0 Å². The molecule has 0 radical (unpaired) electrons. The highest BCUT2D eigenvalue weighted by Gasteiger charge is 2.36. The van der Waals surface area contributed by atoms with Gasteiger partial charge in [0.05, 0.1) is 26.4 Å². The third-order valence-corrected chi connectivity index (χ3v) is 4.77. The van der Waals surface area contributed by atoms with Crippen molar-refractivity contribution in [2.75, 3.05) is 13.2 Å². The summed E-state index contributed by atoms with van der Waals surface area (Å²) < 4.78 is 17.4. The van der Waals surface area contributed by atoms with Crippen molar-refractivity contribution in [3.63, 3.8) is 0 Å². The van der Waals surface area contributed by atoms with Gasteiger partial charge >= 0.3 is 5.97 Å². The summed E-state index contributed by atoms with van der Waals surface area (Å²) in [6.07, 6.45) is 0. The fourth-order valence-electron chi connectivity index (χ4n) is 2.99. The molecule has 4 nitrogen and oxygen atoms in total. The van der Waals surface area contributed by atoms with Gasteiger partial charge in [0.1, 0.15) is 12.0 Å². The topological polar surface area (TPSA) is 44.8 Å². The van der Waals surface area contributed by atoms with Gasteiger partial charge in [0, 0.05) is 0 Å². The van der Waals surface area contributed by atoms with Crippen molar-refractivity contribution in [1.82, 2.24) is 0 Å². The van der Waals surface area contributed by atoms with E-state index >= 15 is 0 Å². The second kappa shape index (κ2) is 11.3. The molecule has 0 saturated heterocycles. The lowest BCUT2D eigenvalue weighted by atomic mass is 9.93. The van der Waals surface area contributed by atoms with Gasteiger partial charge < -0.3 is 14.2 Å². The zero-order valence-corrected chi connectivity index (χ0v) is 17.3. The normalized spacial score (nSPS) is 11.2. The van der Waals surface area contributed by atoms with Crippen LogP contribution in [-0.2, 0) is 38.8 Å². The number of carbonyl (C=O) groups is 1.